The molecule has 0 aromatic heterocycles. The molecule has 17 heavy (non-hydrogen) atoms. The van der Waals surface area contributed by atoms with Crippen molar-refractivity contribution in [2.75, 3.05) is 13.1 Å². The van der Waals surface area contributed by atoms with Gasteiger partial charge in [-0.25, -0.2) is 4.79 Å². The number of nitrogens with one attached hydrogen (secondary N) is 1. The first-order chi connectivity index (χ1) is 8.20. The molecule has 2 aliphatic rings. The smallest absolute Gasteiger partial charge is 0.410 e. The second kappa shape index (κ2) is 5.38. The van der Waals surface area contributed by atoms with Crippen LogP contribution < -0.4 is 5.32 Å². The molecular weight excluding hydrogens is 220 g/mol. The molecule has 1 N–H and O–H groups in total. The van der Waals surface area contributed by atoms with Crippen molar-refractivity contribution in [1.29, 1.82) is 0 Å². The van der Waals surface area contributed by atoms with Crippen molar-refractivity contribution in [3.63, 3.8) is 0 Å². The number of nitrogens with zero attached hydrogens (tertiary/aromatic N) is 1. The standard InChI is InChI=1S/C12H20N2O3/c1-2-3-4-11(15)13-7-10-8-14(9-5-6-9)12(16)17-10/h9-10H,2-8H2,1H3,(H,13,15). The molecule has 5 heteroatoms. The van der Waals surface area contributed by atoms with Crippen molar-refractivity contribution in [1.82, 2.24) is 10.2 Å². The van der Waals surface area contributed by atoms with Gasteiger partial charge in [-0.1, -0.05) is 13.3 Å². The van der Waals surface area contributed by atoms with Crippen LogP contribution in [-0.2, 0) is 9.53 Å². The molecule has 2 amide bonds. The highest BCUT2D eigenvalue weighted by Gasteiger charge is 2.40. The Kier molecular flexibility index (Phi) is 3.86. The topological polar surface area (TPSA) is 58.6 Å². The van der Waals surface area contributed by atoms with Crippen LogP contribution in [0.25, 0.3) is 0 Å². The molecular formula is C12H20N2O3. The third-order valence-electron chi connectivity index (χ3n) is 3.17. The van der Waals surface area contributed by atoms with Gasteiger partial charge in [0.05, 0.1) is 13.1 Å². The maximum Gasteiger partial charge on any atom is 0.410 e. The molecule has 0 aromatic rings. The van der Waals surface area contributed by atoms with Gasteiger partial charge in [0, 0.05) is 12.5 Å². The number of amides is 2. The van der Waals surface area contributed by atoms with E-state index in [1.165, 1.54) is 0 Å². The number of carbonyl (C=O) groups is 2. The van der Waals surface area contributed by atoms with E-state index in [4.69, 9.17) is 4.74 Å². The van der Waals surface area contributed by atoms with E-state index in [0.717, 1.165) is 25.7 Å². The molecule has 2 rings (SSSR count). The molecule has 96 valence electrons. The van der Waals surface area contributed by atoms with Gasteiger partial charge in [-0.15, -0.1) is 0 Å². The van der Waals surface area contributed by atoms with E-state index in [0.29, 0.717) is 25.6 Å². The molecule has 0 bridgehead atoms. The molecule has 1 unspecified atom stereocenters. The molecule has 1 heterocycles. The van der Waals surface area contributed by atoms with Gasteiger partial charge in [0.15, 0.2) is 0 Å². The summed E-state index contributed by atoms with van der Waals surface area (Å²) in [5.41, 5.74) is 0. The third-order valence-corrected chi connectivity index (χ3v) is 3.17. The minimum atomic E-state index is -0.222. The molecule has 0 radical (unpaired) electrons. The van der Waals surface area contributed by atoms with Crippen molar-refractivity contribution < 1.29 is 14.3 Å². The second-order valence-electron chi connectivity index (χ2n) is 4.80. The summed E-state index contributed by atoms with van der Waals surface area (Å²) in [6.45, 7) is 3.12. The minimum absolute atomic E-state index is 0.0489. The fourth-order valence-electron chi connectivity index (χ4n) is 1.99. The molecule has 1 aliphatic heterocycles. The molecule has 5 nitrogen and oxygen atoms in total. The molecule has 2 fully saturated rings. The predicted molar refractivity (Wildman–Crippen MR) is 62.5 cm³/mol. The Morgan fingerprint density at radius 1 is 1.53 bits per heavy atom. The lowest BCUT2D eigenvalue weighted by Gasteiger charge is -2.11. The van der Waals surface area contributed by atoms with Crippen LogP contribution in [0.1, 0.15) is 39.0 Å². The summed E-state index contributed by atoms with van der Waals surface area (Å²) in [6.07, 6.45) is 4.26. The fourth-order valence-corrected chi connectivity index (χ4v) is 1.99. The van der Waals surface area contributed by atoms with E-state index in [9.17, 15) is 9.59 Å². The maximum absolute atomic E-state index is 11.5. The van der Waals surface area contributed by atoms with Crippen LogP contribution >= 0.6 is 0 Å². The quantitative estimate of drug-likeness (QED) is 0.760. The highest BCUT2D eigenvalue weighted by molar-refractivity contribution is 5.76. The minimum Gasteiger partial charge on any atom is -0.442 e. The van der Waals surface area contributed by atoms with Crippen molar-refractivity contribution in [3.8, 4) is 0 Å². The highest BCUT2D eigenvalue weighted by atomic mass is 16.6. The Bertz CT molecular complexity index is 302. The van der Waals surface area contributed by atoms with E-state index < -0.39 is 0 Å². The lowest BCUT2D eigenvalue weighted by molar-refractivity contribution is -0.121. The van der Waals surface area contributed by atoms with Gasteiger partial charge in [0.1, 0.15) is 6.10 Å². The number of hydrogen-bond acceptors (Lipinski definition) is 3. The summed E-state index contributed by atoms with van der Waals surface area (Å²) in [7, 11) is 0. The van der Waals surface area contributed by atoms with Crippen LogP contribution in [0.3, 0.4) is 0 Å². The molecule has 1 saturated heterocycles. The molecule has 1 aliphatic carbocycles. The molecule has 0 spiro atoms. The van der Waals surface area contributed by atoms with Gasteiger partial charge in [0.2, 0.25) is 5.91 Å². The number of rotatable bonds is 6. The lowest BCUT2D eigenvalue weighted by atomic mass is 10.2. The monoisotopic (exact) mass is 240 g/mol. The van der Waals surface area contributed by atoms with Crippen LogP contribution in [0, 0.1) is 0 Å². The van der Waals surface area contributed by atoms with Gasteiger partial charge in [-0.2, -0.15) is 0 Å². The van der Waals surface area contributed by atoms with E-state index in [1.807, 2.05) is 0 Å². The zero-order valence-electron chi connectivity index (χ0n) is 10.3. The van der Waals surface area contributed by atoms with Crippen LogP contribution in [0.2, 0.25) is 0 Å². The second-order valence-corrected chi connectivity index (χ2v) is 4.80. The Hall–Kier alpha value is -1.26. The maximum atomic E-state index is 11.5. The van der Waals surface area contributed by atoms with E-state index in [2.05, 4.69) is 12.2 Å². The fraction of sp³-hybridized carbons (Fsp3) is 0.833. The van der Waals surface area contributed by atoms with Gasteiger partial charge in [-0.05, 0) is 19.3 Å². The van der Waals surface area contributed by atoms with Gasteiger partial charge in [0.25, 0.3) is 0 Å². The Labute approximate surface area is 101 Å². The summed E-state index contributed by atoms with van der Waals surface area (Å²) in [6, 6.07) is 0.392. The van der Waals surface area contributed by atoms with Gasteiger partial charge < -0.3 is 15.0 Å². The largest absolute Gasteiger partial charge is 0.442 e. The Morgan fingerprint density at radius 2 is 2.29 bits per heavy atom. The first kappa shape index (κ1) is 12.2. The molecule has 1 saturated carbocycles. The summed E-state index contributed by atoms with van der Waals surface area (Å²) >= 11 is 0. The van der Waals surface area contributed by atoms with Gasteiger partial charge in [-0.3, -0.25) is 4.79 Å². The zero-order valence-corrected chi connectivity index (χ0v) is 10.3. The summed E-state index contributed by atoms with van der Waals surface area (Å²) in [5.74, 6) is 0.0489. The number of cyclic esters (lactones) is 1. The Morgan fingerprint density at radius 3 is 2.94 bits per heavy atom. The molecule has 1 atom stereocenters. The Balaban J connectivity index is 1.66. The van der Waals surface area contributed by atoms with Crippen LogP contribution in [0.15, 0.2) is 0 Å². The highest BCUT2D eigenvalue weighted by Crippen LogP contribution is 2.30. The summed E-state index contributed by atoms with van der Waals surface area (Å²) in [4.78, 5) is 24.7. The van der Waals surface area contributed by atoms with Crippen molar-refractivity contribution in [2.45, 2.75) is 51.2 Å². The number of carbonyl (C=O) groups excluding carboxylic acids is 2. The summed E-state index contributed by atoms with van der Waals surface area (Å²) < 4.78 is 5.20. The van der Waals surface area contributed by atoms with Gasteiger partial charge >= 0.3 is 6.09 Å². The number of hydrogen-bond donors (Lipinski definition) is 1. The zero-order chi connectivity index (χ0) is 12.3. The van der Waals surface area contributed by atoms with Crippen molar-refractivity contribution >= 4 is 12.0 Å². The van der Waals surface area contributed by atoms with Crippen molar-refractivity contribution in [3.05, 3.63) is 0 Å². The molecule has 0 aromatic carbocycles. The first-order valence-corrected chi connectivity index (χ1v) is 6.44. The summed E-state index contributed by atoms with van der Waals surface area (Å²) in [5, 5.41) is 2.82. The van der Waals surface area contributed by atoms with Crippen LogP contribution in [0.5, 0.6) is 0 Å². The van der Waals surface area contributed by atoms with Crippen LogP contribution in [0.4, 0.5) is 4.79 Å². The predicted octanol–water partition coefficient (Wildman–Crippen LogP) is 1.28. The third kappa shape index (κ3) is 3.35. The number of unbranched alkanes of at least 4 members (excludes halogenated alkanes) is 1. The first-order valence-electron chi connectivity index (χ1n) is 6.44. The van der Waals surface area contributed by atoms with E-state index in [-0.39, 0.29) is 18.1 Å². The average Bonchev–Trinajstić information content (AvgIpc) is 3.08. The number of ether oxygens (including phenoxy) is 1. The lowest BCUT2D eigenvalue weighted by Crippen LogP contribution is -2.34. The van der Waals surface area contributed by atoms with Crippen LogP contribution in [-0.4, -0.2) is 42.1 Å². The van der Waals surface area contributed by atoms with E-state index >= 15 is 0 Å². The normalized spacial score (nSPS) is 23.7. The van der Waals surface area contributed by atoms with Crippen molar-refractivity contribution in [2.24, 2.45) is 0 Å². The van der Waals surface area contributed by atoms with E-state index in [1.54, 1.807) is 4.90 Å². The SMILES string of the molecule is CCCCC(=O)NCC1CN(C2CC2)C(=O)O1. The average molecular weight is 240 g/mol.